The normalized spacial score (nSPS) is 16.2. The Labute approximate surface area is 172 Å². The summed E-state index contributed by atoms with van der Waals surface area (Å²) in [6.45, 7) is 6.28. The van der Waals surface area contributed by atoms with E-state index in [1.165, 1.54) is 16.0 Å². The van der Waals surface area contributed by atoms with E-state index < -0.39 is 6.23 Å². The summed E-state index contributed by atoms with van der Waals surface area (Å²) in [5, 5.41) is 13.7. The molecule has 1 amide bonds. The van der Waals surface area contributed by atoms with E-state index >= 15 is 0 Å². The third kappa shape index (κ3) is 5.84. The predicted molar refractivity (Wildman–Crippen MR) is 115 cm³/mol. The highest BCUT2D eigenvalue weighted by molar-refractivity contribution is 8.00. The van der Waals surface area contributed by atoms with E-state index in [-0.39, 0.29) is 11.8 Å². The number of nitrogens with one attached hydrogen (secondary N) is 1. The van der Waals surface area contributed by atoms with Crippen LogP contribution in [0.5, 0.6) is 0 Å². The lowest BCUT2D eigenvalue weighted by Crippen LogP contribution is -2.45. The number of aliphatic hydroxyl groups is 1. The summed E-state index contributed by atoms with van der Waals surface area (Å²) in [6, 6.07) is 16.4. The Bertz CT molecular complexity index is 773. The first-order valence-corrected chi connectivity index (χ1v) is 10.9. The molecule has 0 aromatic heterocycles. The molecule has 0 saturated carbocycles. The Hall–Kier alpha value is -1.82. The van der Waals surface area contributed by atoms with Gasteiger partial charge in [0.15, 0.2) is 0 Å². The number of carbonyl (C=O) groups excluding carboxylic acids is 1. The van der Waals surface area contributed by atoms with E-state index in [0.29, 0.717) is 12.3 Å². The largest absolute Gasteiger partial charge is 0.378 e. The van der Waals surface area contributed by atoms with Gasteiger partial charge in [-0.05, 0) is 43.9 Å². The zero-order valence-corrected chi connectivity index (χ0v) is 17.5. The van der Waals surface area contributed by atoms with Crippen LogP contribution in [-0.2, 0) is 11.3 Å². The van der Waals surface area contributed by atoms with Crippen molar-refractivity contribution >= 4 is 17.7 Å². The van der Waals surface area contributed by atoms with Crippen LogP contribution in [-0.4, -0.2) is 41.0 Å². The van der Waals surface area contributed by atoms with Gasteiger partial charge in [0.05, 0.1) is 5.75 Å². The average Bonchev–Trinajstić information content (AvgIpc) is 2.72. The van der Waals surface area contributed by atoms with E-state index in [4.69, 9.17) is 0 Å². The molecule has 28 heavy (non-hydrogen) atoms. The Morgan fingerprint density at radius 1 is 1.18 bits per heavy atom. The number of thioether (sulfide) groups is 1. The van der Waals surface area contributed by atoms with Crippen molar-refractivity contribution in [3.63, 3.8) is 0 Å². The highest BCUT2D eigenvalue weighted by atomic mass is 32.2. The molecule has 5 heteroatoms. The quantitative estimate of drug-likeness (QED) is 0.551. The van der Waals surface area contributed by atoms with Gasteiger partial charge in [-0.3, -0.25) is 10.1 Å². The summed E-state index contributed by atoms with van der Waals surface area (Å²) in [5.74, 6) is 0.860. The van der Waals surface area contributed by atoms with E-state index in [1.807, 2.05) is 23.1 Å². The van der Waals surface area contributed by atoms with E-state index in [1.54, 1.807) is 11.8 Å². The molecule has 2 aromatic carbocycles. The van der Waals surface area contributed by atoms with Gasteiger partial charge in [0, 0.05) is 30.4 Å². The van der Waals surface area contributed by atoms with E-state index in [9.17, 15) is 9.90 Å². The second kappa shape index (κ2) is 10.1. The third-order valence-corrected chi connectivity index (χ3v) is 6.54. The molecule has 0 unspecified atom stereocenters. The van der Waals surface area contributed by atoms with Crippen molar-refractivity contribution in [1.29, 1.82) is 0 Å². The lowest BCUT2D eigenvalue weighted by Gasteiger charge is -2.34. The van der Waals surface area contributed by atoms with Crippen LogP contribution in [0.1, 0.15) is 29.5 Å². The fourth-order valence-corrected chi connectivity index (χ4v) is 4.55. The minimum absolute atomic E-state index is 0.190. The smallest absolute Gasteiger partial charge is 0.232 e. The maximum Gasteiger partial charge on any atom is 0.232 e. The van der Waals surface area contributed by atoms with Crippen LogP contribution in [0.4, 0.5) is 0 Å². The Morgan fingerprint density at radius 3 is 2.57 bits per heavy atom. The molecule has 0 spiro atoms. The van der Waals surface area contributed by atoms with Crippen molar-refractivity contribution in [2.24, 2.45) is 5.92 Å². The summed E-state index contributed by atoms with van der Waals surface area (Å²) in [6.07, 6.45) is 1.15. The molecule has 1 aliphatic heterocycles. The Kier molecular flexibility index (Phi) is 7.54. The molecular weight excluding hydrogens is 368 g/mol. The molecule has 150 valence electrons. The Balaban J connectivity index is 1.40. The number of benzene rings is 2. The van der Waals surface area contributed by atoms with Crippen LogP contribution >= 0.6 is 11.8 Å². The minimum atomic E-state index is -0.526. The molecule has 0 aliphatic carbocycles. The summed E-state index contributed by atoms with van der Waals surface area (Å²) in [5.41, 5.74) is 3.64. The van der Waals surface area contributed by atoms with Gasteiger partial charge in [-0.1, -0.05) is 48.0 Å². The topological polar surface area (TPSA) is 52.6 Å². The summed E-state index contributed by atoms with van der Waals surface area (Å²) in [4.78, 5) is 15.7. The van der Waals surface area contributed by atoms with E-state index in [2.05, 4.69) is 49.5 Å². The van der Waals surface area contributed by atoms with Gasteiger partial charge in [-0.15, -0.1) is 11.8 Å². The number of rotatable bonds is 7. The number of nitrogens with zero attached hydrogens (tertiary/aromatic N) is 1. The van der Waals surface area contributed by atoms with Crippen molar-refractivity contribution in [1.82, 2.24) is 10.2 Å². The number of hydrogen-bond donors (Lipinski definition) is 2. The number of piperidine rings is 1. The van der Waals surface area contributed by atoms with Gasteiger partial charge >= 0.3 is 0 Å². The van der Waals surface area contributed by atoms with Crippen molar-refractivity contribution in [2.45, 2.75) is 44.4 Å². The molecule has 2 N–H and O–H groups in total. The average molecular weight is 399 g/mol. The molecule has 1 atom stereocenters. The number of aryl methyl sites for hydroxylation is 2. The van der Waals surface area contributed by atoms with Crippen molar-refractivity contribution in [3.8, 4) is 0 Å². The summed E-state index contributed by atoms with van der Waals surface area (Å²) >= 11 is 1.62. The number of likely N-dealkylation sites (tertiary alicyclic amines) is 1. The van der Waals surface area contributed by atoms with Gasteiger partial charge in [-0.2, -0.15) is 0 Å². The van der Waals surface area contributed by atoms with Crippen LogP contribution in [0.25, 0.3) is 0 Å². The molecule has 1 fully saturated rings. The first-order valence-electron chi connectivity index (χ1n) is 9.96. The second-order valence-electron chi connectivity index (χ2n) is 7.59. The molecule has 0 radical (unpaired) electrons. The molecular formula is C23H30N2O2S. The van der Waals surface area contributed by atoms with Crippen LogP contribution < -0.4 is 5.32 Å². The highest BCUT2D eigenvalue weighted by Gasteiger charge is 2.27. The lowest BCUT2D eigenvalue weighted by atomic mass is 9.95. The molecule has 1 heterocycles. The SMILES string of the molecule is Cc1ccc(SCC(=O)N2CCC([C@@H](O)NCc3ccccc3)CC2)c(C)c1. The van der Waals surface area contributed by atoms with Gasteiger partial charge < -0.3 is 10.0 Å². The maximum atomic E-state index is 12.6. The summed E-state index contributed by atoms with van der Waals surface area (Å²) < 4.78 is 0. The van der Waals surface area contributed by atoms with Gasteiger partial charge in [0.25, 0.3) is 0 Å². The minimum Gasteiger partial charge on any atom is -0.378 e. The van der Waals surface area contributed by atoms with Crippen molar-refractivity contribution < 1.29 is 9.90 Å². The number of carbonyl (C=O) groups is 1. The monoisotopic (exact) mass is 398 g/mol. The van der Waals surface area contributed by atoms with Crippen LogP contribution in [0.2, 0.25) is 0 Å². The molecule has 3 rings (SSSR count). The van der Waals surface area contributed by atoms with Crippen molar-refractivity contribution in [2.75, 3.05) is 18.8 Å². The molecule has 1 saturated heterocycles. The molecule has 0 bridgehead atoms. The van der Waals surface area contributed by atoms with E-state index in [0.717, 1.165) is 31.5 Å². The van der Waals surface area contributed by atoms with Crippen LogP contribution in [0.3, 0.4) is 0 Å². The Morgan fingerprint density at radius 2 is 1.89 bits per heavy atom. The third-order valence-electron chi connectivity index (χ3n) is 5.38. The van der Waals surface area contributed by atoms with Gasteiger partial charge in [-0.25, -0.2) is 0 Å². The first kappa shape index (κ1) is 20.9. The first-order chi connectivity index (χ1) is 13.5. The van der Waals surface area contributed by atoms with Gasteiger partial charge in [0.1, 0.15) is 6.23 Å². The second-order valence-corrected chi connectivity index (χ2v) is 8.60. The van der Waals surface area contributed by atoms with Gasteiger partial charge in [0.2, 0.25) is 5.91 Å². The molecule has 2 aromatic rings. The lowest BCUT2D eigenvalue weighted by molar-refractivity contribution is -0.130. The molecule has 1 aliphatic rings. The predicted octanol–water partition coefficient (Wildman–Crippen LogP) is 3.74. The summed E-state index contributed by atoms with van der Waals surface area (Å²) in [7, 11) is 0. The zero-order chi connectivity index (χ0) is 19.9. The fourth-order valence-electron chi connectivity index (χ4n) is 3.64. The number of aliphatic hydroxyl groups excluding tert-OH is 1. The van der Waals surface area contributed by atoms with Crippen molar-refractivity contribution in [3.05, 3.63) is 65.2 Å². The van der Waals surface area contributed by atoms with Crippen LogP contribution in [0.15, 0.2) is 53.4 Å². The molecule has 4 nitrogen and oxygen atoms in total. The highest BCUT2D eigenvalue weighted by Crippen LogP contribution is 2.25. The maximum absolute atomic E-state index is 12.6. The fraction of sp³-hybridized carbons (Fsp3) is 0.435. The number of hydrogen-bond acceptors (Lipinski definition) is 4. The zero-order valence-electron chi connectivity index (χ0n) is 16.7. The van der Waals surface area contributed by atoms with Crippen LogP contribution in [0, 0.1) is 19.8 Å². The standard InChI is InChI=1S/C23H30N2O2S/c1-17-8-9-21(18(2)14-17)28-16-22(26)25-12-10-20(11-13-25)23(27)24-15-19-6-4-3-5-7-19/h3-9,14,20,23-24,27H,10-13,15-16H2,1-2H3/t23-/m1/s1. The number of amides is 1.